The van der Waals surface area contributed by atoms with E-state index < -0.39 is 23.7 Å². The lowest BCUT2D eigenvalue weighted by atomic mass is 10.1. The molecule has 6 heteroatoms. The Morgan fingerprint density at radius 2 is 1.95 bits per heavy atom. The minimum atomic E-state index is -1.04. The Labute approximate surface area is 115 Å². The summed E-state index contributed by atoms with van der Waals surface area (Å²) in [7, 11) is 0. The molecule has 1 aliphatic heterocycles. The molecule has 0 fully saturated rings. The Bertz CT molecular complexity index is 608. The van der Waals surface area contributed by atoms with Gasteiger partial charge in [0.15, 0.2) is 0 Å². The lowest BCUT2D eigenvalue weighted by Crippen LogP contribution is -2.37. The van der Waals surface area contributed by atoms with Gasteiger partial charge in [-0.25, -0.2) is 0 Å². The van der Waals surface area contributed by atoms with E-state index >= 15 is 0 Å². The van der Waals surface area contributed by atoms with Crippen molar-refractivity contribution in [1.29, 1.82) is 0 Å². The average molecular weight is 275 g/mol. The Balaban J connectivity index is 2.32. The fraction of sp³-hybridized carbons (Fsp3) is 0.286. The monoisotopic (exact) mass is 275 g/mol. The molecular weight excluding hydrogens is 262 g/mol. The summed E-state index contributed by atoms with van der Waals surface area (Å²) in [6.45, 7) is 1.52. The van der Waals surface area contributed by atoms with Gasteiger partial charge in [-0.15, -0.1) is 0 Å². The van der Waals surface area contributed by atoms with Crippen LogP contribution in [-0.2, 0) is 4.79 Å². The van der Waals surface area contributed by atoms with Crippen LogP contribution in [0.2, 0.25) is 0 Å². The minimum Gasteiger partial charge on any atom is -0.481 e. The summed E-state index contributed by atoms with van der Waals surface area (Å²) in [6.07, 6.45) is 0.912. The Kier molecular flexibility index (Phi) is 3.65. The van der Waals surface area contributed by atoms with E-state index in [-0.39, 0.29) is 17.7 Å². The van der Waals surface area contributed by atoms with E-state index in [1.165, 1.54) is 18.2 Å². The number of imide groups is 1. The highest BCUT2D eigenvalue weighted by Gasteiger charge is 2.37. The van der Waals surface area contributed by atoms with Crippen LogP contribution >= 0.6 is 0 Å². The number of benzene rings is 1. The summed E-state index contributed by atoms with van der Waals surface area (Å²) in [5.41, 5.74) is 0.665. The third kappa shape index (κ3) is 2.20. The average Bonchev–Trinajstić information content (AvgIpc) is 2.68. The van der Waals surface area contributed by atoms with Crippen molar-refractivity contribution in [3.05, 3.63) is 34.9 Å². The predicted octanol–water partition coefficient (Wildman–Crippen LogP) is 1.21. The van der Waals surface area contributed by atoms with Gasteiger partial charge in [-0.3, -0.25) is 24.1 Å². The molecule has 1 N–H and O–H groups in total. The van der Waals surface area contributed by atoms with Crippen LogP contribution in [0.1, 0.15) is 44.4 Å². The van der Waals surface area contributed by atoms with Gasteiger partial charge < -0.3 is 5.11 Å². The second-order valence-corrected chi connectivity index (χ2v) is 4.59. The van der Waals surface area contributed by atoms with E-state index in [4.69, 9.17) is 5.11 Å². The zero-order valence-electron chi connectivity index (χ0n) is 10.8. The molecule has 0 spiro atoms. The van der Waals surface area contributed by atoms with Crippen molar-refractivity contribution in [2.24, 2.45) is 5.92 Å². The molecule has 6 nitrogen and oxygen atoms in total. The van der Waals surface area contributed by atoms with Gasteiger partial charge >= 0.3 is 5.97 Å². The van der Waals surface area contributed by atoms with Gasteiger partial charge in [-0.2, -0.15) is 0 Å². The summed E-state index contributed by atoms with van der Waals surface area (Å²) >= 11 is 0. The first-order chi connectivity index (χ1) is 9.49. The lowest BCUT2D eigenvalue weighted by molar-refractivity contribution is -0.142. The van der Waals surface area contributed by atoms with Gasteiger partial charge in [0, 0.05) is 12.1 Å². The number of amides is 2. The number of carbonyl (C=O) groups excluding carboxylic acids is 3. The van der Waals surface area contributed by atoms with E-state index in [0.717, 1.165) is 4.90 Å². The molecular formula is C14H13NO5. The van der Waals surface area contributed by atoms with E-state index in [0.29, 0.717) is 18.3 Å². The number of aldehydes is 1. The van der Waals surface area contributed by atoms with Crippen molar-refractivity contribution >= 4 is 24.1 Å². The SMILES string of the molecule is CCC(CN1C(=O)c2ccc(C=O)cc2C1=O)C(=O)O. The number of carbonyl (C=O) groups is 4. The van der Waals surface area contributed by atoms with Crippen LogP contribution in [0.5, 0.6) is 0 Å². The molecule has 2 rings (SSSR count). The zero-order chi connectivity index (χ0) is 14.9. The number of hydrogen-bond donors (Lipinski definition) is 1. The van der Waals surface area contributed by atoms with Gasteiger partial charge in [0.1, 0.15) is 6.29 Å². The molecule has 1 heterocycles. The van der Waals surface area contributed by atoms with Crippen LogP contribution in [0.25, 0.3) is 0 Å². The number of hydrogen-bond acceptors (Lipinski definition) is 4. The van der Waals surface area contributed by atoms with Gasteiger partial charge in [-0.1, -0.05) is 13.0 Å². The van der Waals surface area contributed by atoms with Crippen LogP contribution in [0.4, 0.5) is 0 Å². The van der Waals surface area contributed by atoms with E-state index in [1.807, 2.05) is 0 Å². The molecule has 0 aliphatic carbocycles. The third-order valence-corrected chi connectivity index (χ3v) is 3.38. The standard InChI is InChI=1S/C14H13NO5/c1-2-9(14(19)20)6-15-12(17)10-4-3-8(7-16)5-11(10)13(15)18/h3-5,7,9H,2,6H2,1H3,(H,19,20). The van der Waals surface area contributed by atoms with Crippen molar-refractivity contribution in [2.75, 3.05) is 6.54 Å². The minimum absolute atomic E-state index is 0.153. The molecule has 0 radical (unpaired) electrons. The number of carboxylic acids is 1. The van der Waals surface area contributed by atoms with Crippen LogP contribution in [-0.4, -0.2) is 40.6 Å². The summed E-state index contributed by atoms with van der Waals surface area (Å²) in [4.78, 5) is 46.9. The van der Waals surface area contributed by atoms with Crippen molar-refractivity contribution in [2.45, 2.75) is 13.3 Å². The summed E-state index contributed by atoms with van der Waals surface area (Å²) < 4.78 is 0. The maximum atomic E-state index is 12.1. The number of rotatable bonds is 5. The van der Waals surface area contributed by atoms with Crippen molar-refractivity contribution < 1.29 is 24.3 Å². The van der Waals surface area contributed by atoms with Crippen molar-refractivity contribution in [1.82, 2.24) is 4.90 Å². The molecule has 0 saturated carbocycles. The molecule has 1 aromatic carbocycles. The Morgan fingerprint density at radius 1 is 1.30 bits per heavy atom. The van der Waals surface area contributed by atoms with E-state index in [2.05, 4.69) is 0 Å². The smallest absolute Gasteiger partial charge is 0.308 e. The molecule has 1 unspecified atom stereocenters. The highest BCUT2D eigenvalue weighted by molar-refractivity contribution is 6.21. The molecule has 0 aromatic heterocycles. The fourth-order valence-electron chi connectivity index (χ4n) is 2.15. The van der Waals surface area contributed by atoms with Gasteiger partial charge in [0.2, 0.25) is 0 Å². The first-order valence-electron chi connectivity index (χ1n) is 6.17. The summed E-state index contributed by atoms with van der Waals surface area (Å²) in [5.74, 6) is -2.89. The molecule has 2 amide bonds. The fourth-order valence-corrected chi connectivity index (χ4v) is 2.15. The van der Waals surface area contributed by atoms with Crippen molar-refractivity contribution in [3.63, 3.8) is 0 Å². The van der Waals surface area contributed by atoms with E-state index in [9.17, 15) is 19.2 Å². The van der Waals surface area contributed by atoms with Gasteiger partial charge in [-0.05, 0) is 18.6 Å². The Morgan fingerprint density at radius 3 is 2.50 bits per heavy atom. The van der Waals surface area contributed by atoms with Crippen LogP contribution < -0.4 is 0 Å². The Hall–Kier alpha value is -2.50. The third-order valence-electron chi connectivity index (χ3n) is 3.38. The molecule has 104 valence electrons. The second-order valence-electron chi connectivity index (χ2n) is 4.59. The lowest BCUT2D eigenvalue weighted by Gasteiger charge is -2.18. The summed E-state index contributed by atoms with van der Waals surface area (Å²) in [5, 5.41) is 9.01. The highest BCUT2D eigenvalue weighted by Crippen LogP contribution is 2.25. The topological polar surface area (TPSA) is 91.8 Å². The zero-order valence-corrected chi connectivity index (χ0v) is 10.8. The molecule has 1 atom stereocenters. The van der Waals surface area contributed by atoms with Crippen LogP contribution in [0.3, 0.4) is 0 Å². The normalized spacial score (nSPS) is 15.2. The molecule has 0 bridgehead atoms. The second kappa shape index (κ2) is 5.24. The number of nitrogens with zero attached hydrogens (tertiary/aromatic N) is 1. The molecule has 20 heavy (non-hydrogen) atoms. The number of aliphatic carboxylic acids is 1. The van der Waals surface area contributed by atoms with Gasteiger partial charge in [0.25, 0.3) is 11.8 Å². The van der Waals surface area contributed by atoms with Crippen LogP contribution in [0.15, 0.2) is 18.2 Å². The first kappa shape index (κ1) is 13.9. The number of carboxylic acid groups (broad SMARTS) is 1. The maximum absolute atomic E-state index is 12.1. The van der Waals surface area contributed by atoms with Crippen molar-refractivity contribution in [3.8, 4) is 0 Å². The first-order valence-corrected chi connectivity index (χ1v) is 6.17. The quantitative estimate of drug-likeness (QED) is 0.644. The van der Waals surface area contributed by atoms with Crippen LogP contribution in [0, 0.1) is 5.92 Å². The highest BCUT2D eigenvalue weighted by atomic mass is 16.4. The largest absolute Gasteiger partial charge is 0.481 e. The molecule has 0 saturated heterocycles. The molecule has 1 aliphatic rings. The number of fused-ring (bicyclic) bond motifs is 1. The maximum Gasteiger partial charge on any atom is 0.308 e. The van der Waals surface area contributed by atoms with Gasteiger partial charge in [0.05, 0.1) is 17.0 Å². The summed E-state index contributed by atoms with van der Waals surface area (Å²) in [6, 6.07) is 4.22. The predicted molar refractivity (Wildman–Crippen MR) is 68.6 cm³/mol. The molecule has 1 aromatic rings. The van der Waals surface area contributed by atoms with E-state index in [1.54, 1.807) is 6.92 Å².